The molecule has 6 heteroatoms. The minimum Gasteiger partial charge on any atom is -0.353 e. The summed E-state index contributed by atoms with van der Waals surface area (Å²) < 4.78 is 0. The molecule has 1 aliphatic heterocycles. The SMILES string of the molecule is CCC(=O)N[C@@H](C)C(=O)N1CCN(c2ccccn2)CC1. The van der Waals surface area contributed by atoms with E-state index in [-0.39, 0.29) is 11.8 Å². The van der Waals surface area contributed by atoms with Crippen molar-refractivity contribution in [2.24, 2.45) is 0 Å². The van der Waals surface area contributed by atoms with Crippen LogP contribution in [0.15, 0.2) is 24.4 Å². The Morgan fingerprint density at radius 2 is 2.00 bits per heavy atom. The predicted octanol–water partition coefficient (Wildman–Crippen LogP) is 0.645. The van der Waals surface area contributed by atoms with Crippen molar-refractivity contribution >= 4 is 17.6 Å². The Hall–Kier alpha value is -2.11. The second-order valence-corrected chi connectivity index (χ2v) is 5.14. The summed E-state index contributed by atoms with van der Waals surface area (Å²) in [6.07, 6.45) is 2.17. The van der Waals surface area contributed by atoms with Gasteiger partial charge in [0.2, 0.25) is 11.8 Å². The zero-order valence-electron chi connectivity index (χ0n) is 12.6. The van der Waals surface area contributed by atoms with Crippen LogP contribution in [-0.4, -0.2) is 53.9 Å². The molecule has 21 heavy (non-hydrogen) atoms. The topological polar surface area (TPSA) is 65.5 Å². The third-order valence-corrected chi connectivity index (χ3v) is 3.63. The molecule has 0 aromatic carbocycles. The Bertz CT molecular complexity index is 484. The molecule has 0 unspecified atom stereocenters. The number of hydrogen-bond acceptors (Lipinski definition) is 4. The van der Waals surface area contributed by atoms with Gasteiger partial charge in [0.15, 0.2) is 0 Å². The summed E-state index contributed by atoms with van der Waals surface area (Å²) in [5.41, 5.74) is 0. The van der Waals surface area contributed by atoms with Gasteiger partial charge in [-0.2, -0.15) is 0 Å². The highest BCUT2D eigenvalue weighted by molar-refractivity contribution is 5.87. The molecule has 1 aromatic rings. The van der Waals surface area contributed by atoms with Crippen LogP contribution in [0.25, 0.3) is 0 Å². The standard InChI is InChI=1S/C15H22N4O2/c1-3-14(20)17-12(2)15(21)19-10-8-18(9-11-19)13-6-4-5-7-16-13/h4-7,12H,3,8-11H2,1-2H3,(H,17,20)/t12-/m0/s1. The fourth-order valence-corrected chi connectivity index (χ4v) is 2.38. The first-order chi connectivity index (χ1) is 10.1. The van der Waals surface area contributed by atoms with Gasteiger partial charge in [0.25, 0.3) is 0 Å². The van der Waals surface area contributed by atoms with Crippen LogP contribution in [0.2, 0.25) is 0 Å². The Balaban J connectivity index is 1.86. The molecule has 2 amide bonds. The second kappa shape index (κ2) is 7.06. The normalized spacial score (nSPS) is 16.5. The molecule has 0 spiro atoms. The van der Waals surface area contributed by atoms with Crippen molar-refractivity contribution in [3.63, 3.8) is 0 Å². The van der Waals surface area contributed by atoms with E-state index >= 15 is 0 Å². The first kappa shape index (κ1) is 15.3. The molecular formula is C15H22N4O2. The van der Waals surface area contributed by atoms with E-state index < -0.39 is 6.04 Å². The average Bonchev–Trinajstić information content (AvgIpc) is 2.55. The molecule has 1 fully saturated rings. The van der Waals surface area contributed by atoms with E-state index in [0.29, 0.717) is 19.5 Å². The molecule has 0 radical (unpaired) electrons. The fourth-order valence-electron chi connectivity index (χ4n) is 2.38. The van der Waals surface area contributed by atoms with E-state index in [0.717, 1.165) is 18.9 Å². The Morgan fingerprint density at radius 3 is 2.57 bits per heavy atom. The molecule has 114 valence electrons. The molecule has 2 heterocycles. The summed E-state index contributed by atoms with van der Waals surface area (Å²) in [4.78, 5) is 31.9. The van der Waals surface area contributed by atoms with E-state index in [1.165, 1.54) is 0 Å². The van der Waals surface area contributed by atoms with Gasteiger partial charge >= 0.3 is 0 Å². The monoisotopic (exact) mass is 290 g/mol. The predicted molar refractivity (Wildman–Crippen MR) is 80.9 cm³/mol. The van der Waals surface area contributed by atoms with E-state index in [2.05, 4.69) is 15.2 Å². The summed E-state index contributed by atoms with van der Waals surface area (Å²) >= 11 is 0. The van der Waals surface area contributed by atoms with Crippen LogP contribution in [0.4, 0.5) is 5.82 Å². The first-order valence-electron chi connectivity index (χ1n) is 7.36. The van der Waals surface area contributed by atoms with E-state index in [4.69, 9.17) is 0 Å². The van der Waals surface area contributed by atoms with Crippen molar-refractivity contribution in [2.45, 2.75) is 26.3 Å². The van der Waals surface area contributed by atoms with Crippen LogP contribution in [0.1, 0.15) is 20.3 Å². The third kappa shape index (κ3) is 3.93. The molecule has 6 nitrogen and oxygen atoms in total. The number of rotatable bonds is 4. The van der Waals surface area contributed by atoms with Crippen molar-refractivity contribution in [1.29, 1.82) is 0 Å². The molecule has 1 atom stereocenters. The number of aromatic nitrogens is 1. The number of pyridine rings is 1. The number of anilines is 1. The average molecular weight is 290 g/mol. The smallest absolute Gasteiger partial charge is 0.244 e. The minimum atomic E-state index is -0.459. The molecule has 0 saturated carbocycles. The van der Waals surface area contributed by atoms with E-state index in [1.54, 1.807) is 24.9 Å². The Morgan fingerprint density at radius 1 is 1.29 bits per heavy atom. The summed E-state index contributed by atoms with van der Waals surface area (Å²) in [6.45, 7) is 6.34. The molecule has 0 aliphatic carbocycles. The zero-order valence-corrected chi connectivity index (χ0v) is 12.6. The summed E-state index contributed by atoms with van der Waals surface area (Å²) in [7, 11) is 0. The lowest BCUT2D eigenvalue weighted by molar-refractivity contribution is -0.136. The van der Waals surface area contributed by atoms with Gasteiger partial charge in [-0.3, -0.25) is 9.59 Å². The maximum Gasteiger partial charge on any atom is 0.244 e. The van der Waals surface area contributed by atoms with E-state index in [9.17, 15) is 9.59 Å². The number of piperazine rings is 1. The van der Waals surface area contributed by atoms with Gasteiger partial charge in [-0.15, -0.1) is 0 Å². The zero-order chi connectivity index (χ0) is 15.2. The Kier molecular flexibility index (Phi) is 5.14. The van der Waals surface area contributed by atoms with Crippen molar-refractivity contribution < 1.29 is 9.59 Å². The number of hydrogen-bond donors (Lipinski definition) is 1. The molecule has 1 aromatic heterocycles. The van der Waals surface area contributed by atoms with Crippen molar-refractivity contribution in [3.8, 4) is 0 Å². The van der Waals surface area contributed by atoms with Gasteiger partial charge in [-0.25, -0.2) is 4.98 Å². The highest BCUT2D eigenvalue weighted by Gasteiger charge is 2.25. The van der Waals surface area contributed by atoms with Crippen LogP contribution in [0.3, 0.4) is 0 Å². The maximum atomic E-state index is 12.3. The first-order valence-corrected chi connectivity index (χ1v) is 7.36. The number of amides is 2. The van der Waals surface area contributed by atoms with Crippen molar-refractivity contribution in [2.75, 3.05) is 31.1 Å². The van der Waals surface area contributed by atoms with Crippen LogP contribution in [0, 0.1) is 0 Å². The minimum absolute atomic E-state index is 0.0162. The lowest BCUT2D eigenvalue weighted by Gasteiger charge is -2.36. The van der Waals surface area contributed by atoms with Gasteiger partial charge in [-0.1, -0.05) is 13.0 Å². The summed E-state index contributed by atoms with van der Waals surface area (Å²) in [6, 6.07) is 5.37. The van der Waals surface area contributed by atoms with Crippen LogP contribution in [0.5, 0.6) is 0 Å². The molecule has 0 bridgehead atoms. The number of nitrogens with one attached hydrogen (secondary N) is 1. The van der Waals surface area contributed by atoms with E-state index in [1.807, 2.05) is 18.2 Å². The maximum absolute atomic E-state index is 12.3. The van der Waals surface area contributed by atoms with Gasteiger partial charge in [0.1, 0.15) is 11.9 Å². The highest BCUT2D eigenvalue weighted by Crippen LogP contribution is 2.13. The quantitative estimate of drug-likeness (QED) is 0.884. The van der Waals surface area contributed by atoms with Crippen LogP contribution < -0.4 is 10.2 Å². The fraction of sp³-hybridized carbons (Fsp3) is 0.533. The van der Waals surface area contributed by atoms with Gasteiger partial charge < -0.3 is 15.1 Å². The van der Waals surface area contributed by atoms with Gasteiger partial charge in [-0.05, 0) is 19.1 Å². The van der Waals surface area contributed by atoms with Gasteiger partial charge in [0.05, 0.1) is 0 Å². The lowest BCUT2D eigenvalue weighted by atomic mass is 10.2. The van der Waals surface area contributed by atoms with Crippen molar-refractivity contribution in [1.82, 2.24) is 15.2 Å². The molecule has 1 N–H and O–H groups in total. The number of carbonyl (C=O) groups excluding carboxylic acids is 2. The number of nitrogens with zero attached hydrogens (tertiary/aromatic N) is 3. The summed E-state index contributed by atoms with van der Waals surface area (Å²) in [5, 5.41) is 2.71. The van der Waals surface area contributed by atoms with Crippen LogP contribution in [-0.2, 0) is 9.59 Å². The second-order valence-electron chi connectivity index (χ2n) is 5.14. The molecule has 1 aliphatic rings. The Labute approximate surface area is 125 Å². The lowest BCUT2D eigenvalue weighted by Crippen LogP contribution is -2.54. The van der Waals surface area contributed by atoms with Gasteiger partial charge in [0, 0.05) is 38.8 Å². The molecule has 2 rings (SSSR count). The number of carbonyl (C=O) groups is 2. The summed E-state index contributed by atoms with van der Waals surface area (Å²) in [5.74, 6) is 0.831. The third-order valence-electron chi connectivity index (χ3n) is 3.63. The van der Waals surface area contributed by atoms with Crippen molar-refractivity contribution in [3.05, 3.63) is 24.4 Å². The van der Waals surface area contributed by atoms with Crippen LogP contribution >= 0.6 is 0 Å². The largest absolute Gasteiger partial charge is 0.353 e. The highest BCUT2D eigenvalue weighted by atomic mass is 16.2. The molecular weight excluding hydrogens is 268 g/mol. The molecule has 1 saturated heterocycles.